The molecule has 1 aromatic carbocycles. The molecule has 20 heavy (non-hydrogen) atoms. The van der Waals surface area contributed by atoms with Crippen LogP contribution < -0.4 is 5.32 Å². The highest BCUT2D eigenvalue weighted by molar-refractivity contribution is 5.43. The van der Waals surface area contributed by atoms with E-state index in [0.717, 1.165) is 29.9 Å². The molecule has 1 aliphatic carbocycles. The molecule has 1 heterocycles. The SMILES string of the molecule is CCCc1nccn1-c1cccc(F)c1CNC1CC1. The Morgan fingerprint density at radius 3 is 3.00 bits per heavy atom. The second-order valence-corrected chi connectivity index (χ2v) is 5.36. The van der Waals surface area contributed by atoms with Crippen molar-refractivity contribution >= 4 is 0 Å². The first kappa shape index (κ1) is 13.3. The summed E-state index contributed by atoms with van der Waals surface area (Å²) in [6.45, 7) is 2.70. The second kappa shape index (κ2) is 5.75. The fourth-order valence-electron chi connectivity index (χ4n) is 2.44. The van der Waals surface area contributed by atoms with Crippen molar-refractivity contribution < 1.29 is 4.39 Å². The van der Waals surface area contributed by atoms with E-state index in [4.69, 9.17) is 0 Å². The van der Waals surface area contributed by atoms with Crippen molar-refractivity contribution in [2.45, 2.75) is 45.2 Å². The Labute approximate surface area is 118 Å². The maximum Gasteiger partial charge on any atom is 0.129 e. The van der Waals surface area contributed by atoms with Gasteiger partial charge in [-0.1, -0.05) is 13.0 Å². The van der Waals surface area contributed by atoms with E-state index in [1.54, 1.807) is 12.3 Å². The van der Waals surface area contributed by atoms with Crippen molar-refractivity contribution in [2.24, 2.45) is 0 Å². The number of aromatic nitrogens is 2. The van der Waals surface area contributed by atoms with E-state index in [-0.39, 0.29) is 5.82 Å². The first-order valence-electron chi connectivity index (χ1n) is 7.33. The van der Waals surface area contributed by atoms with E-state index in [0.29, 0.717) is 12.6 Å². The molecule has 0 bridgehead atoms. The third-order valence-corrected chi connectivity index (χ3v) is 3.69. The van der Waals surface area contributed by atoms with Gasteiger partial charge in [-0.05, 0) is 31.4 Å². The average Bonchev–Trinajstić information content (AvgIpc) is 3.16. The molecule has 0 radical (unpaired) electrons. The molecule has 0 spiro atoms. The summed E-state index contributed by atoms with van der Waals surface area (Å²) in [4.78, 5) is 4.38. The van der Waals surface area contributed by atoms with E-state index in [1.807, 2.05) is 16.8 Å². The molecular weight excluding hydrogens is 253 g/mol. The molecule has 1 saturated carbocycles. The van der Waals surface area contributed by atoms with Crippen molar-refractivity contribution in [1.29, 1.82) is 0 Å². The van der Waals surface area contributed by atoms with E-state index < -0.39 is 0 Å². The van der Waals surface area contributed by atoms with Crippen LogP contribution in [0.15, 0.2) is 30.6 Å². The van der Waals surface area contributed by atoms with E-state index in [9.17, 15) is 4.39 Å². The number of hydrogen-bond donors (Lipinski definition) is 1. The van der Waals surface area contributed by atoms with Crippen molar-refractivity contribution in [3.05, 3.63) is 47.8 Å². The van der Waals surface area contributed by atoms with Crippen molar-refractivity contribution in [2.75, 3.05) is 0 Å². The standard InChI is InChI=1S/C16H20FN3/c1-2-4-16-18-9-10-20(16)15-6-3-5-14(17)13(15)11-19-12-7-8-12/h3,5-6,9-10,12,19H,2,4,7-8,11H2,1H3. The van der Waals surface area contributed by atoms with Gasteiger partial charge in [0.15, 0.2) is 0 Å². The monoisotopic (exact) mass is 273 g/mol. The van der Waals surface area contributed by atoms with Gasteiger partial charge >= 0.3 is 0 Å². The molecule has 1 N–H and O–H groups in total. The zero-order valence-corrected chi connectivity index (χ0v) is 11.8. The quantitative estimate of drug-likeness (QED) is 0.876. The molecule has 1 aromatic heterocycles. The summed E-state index contributed by atoms with van der Waals surface area (Å²) in [6, 6.07) is 5.83. The van der Waals surface area contributed by atoms with Gasteiger partial charge in [-0.2, -0.15) is 0 Å². The fourth-order valence-corrected chi connectivity index (χ4v) is 2.44. The van der Waals surface area contributed by atoms with Crippen LogP contribution in [0.2, 0.25) is 0 Å². The zero-order valence-electron chi connectivity index (χ0n) is 11.8. The Hall–Kier alpha value is -1.68. The van der Waals surface area contributed by atoms with Crippen molar-refractivity contribution in [1.82, 2.24) is 14.9 Å². The highest BCUT2D eigenvalue weighted by Gasteiger charge is 2.21. The smallest absolute Gasteiger partial charge is 0.129 e. The van der Waals surface area contributed by atoms with E-state index in [1.165, 1.54) is 18.9 Å². The number of aryl methyl sites for hydroxylation is 1. The molecule has 4 heteroatoms. The topological polar surface area (TPSA) is 29.9 Å². The molecule has 1 fully saturated rings. The summed E-state index contributed by atoms with van der Waals surface area (Å²) < 4.78 is 16.2. The number of imidazole rings is 1. The lowest BCUT2D eigenvalue weighted by atomic mass is 10.1. The van der Waals surface area contributed by atoms with Gasteiger partial charge in [0, 0.05) is 37.0 Å². The molecule has 0 unspecified atom stereocenters. The molecule has 0 aliphatic heterocycles. The molecule has 3 rings (SSSR count). The summed E-state index contributed by atoms with van der Waals surface area (Å²) >= 11 is 0. The van der Waals surface area contributed by atoms with Crippen LogP contribution in [0.25, 0.3) is 5.69 Å². The predicted octanol–water partition coefficient (Wildman–Crippen LogP) is 3.22. The maximum absolute atomic E-state index is 14.2. The molecule has 106 valence electrons. The number of halogens is 1. The Kier molecular flexibility index (Phi) is 3.83. The van der Waals surface area contributed by atoms with Crippen molar-refractivity contribution in [3.8, 4) is 5.69 Å². The van der Waals surface area contributed by atoms with Crippen LogP contribution in [0, 0.1) is 5.82 Å². The average molecular weight is 273 g/mol. The summed E-state index contributed by atoms with van der Waals surface area (Å²) in [5.74, 6) is 0.845. The largest absolute Gasteiger partial charge is 0.310 e. The van der Waals surface area contributed by atoms with Crippen LogP contribution in [0.3, 0.4) is 0 Å². The highest BCUT2D eigenvalue weighted by Crippen LogP contribution is 2.23. The third-order valence-electron chi connectivity index (χ3n) is 3.69. The minimum Gasteiger partial charge on any atom is -0.310 e. The number of nitrogens with one attached hydrogen (secondary N) is 1. The molecule has 2 aromatic rings. The minimum absolute atomic E-state index is 0.146. The highest BCUT2D eigenvalue weighted by atomic mass is 19.1. The van der Waals surface area contributed by atoms with Crippen LogP contribution in [0.5, 0.6) is 0 Å². The first-order valence-corrected chi connectivity index (χ1v) is 7.33. The van der Waals surface area contributed by atoms with Crippen LogP contribution in [-0.4, -0.2) is 15.6 Å². The van der Waals surface area contributed by atoms with Gasteiger partial charge in [0.1, 0.15) is 11.6 Å². The van der Waals surface area contributed by atoms with E-state index >= 15 is 0 Å². The number of rotatable bonds is 6. The van der Waals surface area contributed by atoms with Crippen molar-refractivity contribution in [3.63, 3.8) is 0 Å². The van der Waals surface area contributed by atoms with Gasteiger partial charge in [-0.25, -0.2) is 9.37 Å². The fraction of sp³-hybridized carbons (Fsp3) is 0.438. The lowest BCUT2D eigenvalue weighted by molar-refractivity contribution is 0.583. The van der Waals surface area contributed by atoms with Crippen LogP contribution in [0.4, 0.5) is 4.39 Å². The zero-order chi connectivity index (χ0) is 13.9. The van der Waals surface area contributed by atoms with Gasteiger partial charge in [-0.15, -0.1) is 0 Å². The lowest BCUT2D eigenvalue weighted by Crippen LogP contribution is -2.18. The normalized spacial score (nSPS) is 14.7. The van der Waals surface area contributed by atoms with Crippen LogP contribution in [-0.2, 0) is 13.0 Å². The van der Waals surface area contributed by atoms with Gasteiger partial charge in [0.05, 0.1) is 5.69 Å². The Morgan fingerprint density at radius 2 is 2.25 bits per heavy atom. The van der Waals surface area contributed by atoms with Gasteiger partial charge in [-0.3, -0.25) is 0 Å². The molecule has 0 amide bonds. The second-order valence-electron chi connectivity index (χ2n) is 5.36. The number of hydrogen-bond acceptors (Lipinski definition) is 2. The summed E-state index contributed by atoms with van der Waals surface area (Å²) in [5, 5.41) is 3.39. The van der Waals surface area contributed by atoms with Gasteiger partial charge in [0.25, 0.3) is 0 Å². The summed E-state index contributed by atoms with van der Waals surface area (Å²) in [5.41, 5.74) is 1.63. The first-order chi connectivity index (χ1) is 9.79. The predicted molar refractivity (Wildman–Crippen MR) is 77.4 cm³/mol. The Bertz CT molecular complexity index is 587. The number of nitrogens with zero attached hydrogens (tertiary/aromatic N) is 2. The third kappa shape index (κ3) is 2.75. The van der Waals surface area contributed by atoms with Gasteiger partial charge < -0.3 is 9.88 Å². The van der Waals surface area contributed by atoms with Crippen LogP contribution >= 0.6 is 0 Å². The van der Waals surface area contributed by atoms with Gasteiger partial charge in [0.2, 0.25) is 0 Å². The molecule has 0 atom stereocenters. The Morgan fingerprint density at radius 1 is 1.40 bits per heavy atom. The summed E-state index contributed by atoms with van der Waals surface area (Å²) in [6.07, 6.45) is 8.04. The van der Waals surface area contributed by atoms with E-state index in [2.05, 4.69) is 17.2 Å². The molecule has 0 saturated heterocycles. The van der Waals surface area contributed by atoms with Crippen LogP contribution in [0.1, 0.15) is 37.6 Å². The maximum atomic E-state index is 14.2. The minimum atomic E-state index is -0.146. The molecule has 3 nitrogen and oxygen atoms in total. The molecule has 1 aliphatic rings. The molecular formula is C16H20FN3. The summed E-state index contributed by atoms with van der Waals surface area (Å²) in [7, 11) is 0. The lowest BCUT2D eigenvalue weighted by Gasteiger charge is -2.14. The Balaban J connectivity index is 1.94. The number of benzene rings is 1.